The third kappa shape index (κ3) is 3.35. The SMILES string of the molecule is COC(=O)C1=C(C)N(C[C@H]2CCCO2)C(=O)C[C@H]1c1ccc2nsnc2c1. The zero-order valence-electron chi connectivity index (χ0n) is 15.3. The Balaban J connectivity index is 1.73. The molecule has 27 heavy (non-hydrogen) atoms. The van der Waals surface area contributed by atoms with E-state index in [0.29, 0.717) is 17.8 Å². The van der Waals surface area contributed by atoms with Gasteiger partial charge >= 0.3 is 5.97 Å². The third-order valence-electron chi connectivity index (χ3n) is 5.32. The number of methoxy groups -OCH3 is 1. The highest BCUT2D eigenvalue weighted by Crippen LogP contribution is 2.38. The number of hydrogen-bond acceptors (Lipinski definition) is 7. The van der Waals surface area contributed by atoms with Crippen molar-refractivity contribution < 1.29 is 19.1 Å². The molecule has 8 heteroatoms. The van der Waals surface area contributed by atoms with Crippen molar-refractivity contribution in [3.63, 3.8) is 0 Å². The summed E-state index contributed by atoms with van der Waals surface area (Å²) in [6, 6.07) is 5.69. The van der Waals surface area contributed by atoms with Crippen molar-refractivity contribution >= 4 is 34.6 Å². The molecule has 2 aliphatic heterocycles. The van der Waals surface area contributed by atoms with Crippen LogP contribution in [0.5, 0.6) is 0 Å². The van der Waals surface area contributed by atoms with Crippen LogP contribution in [-0.2, 0) is 19.1 Å². The quantitative estimate of drug-likeness (QED) is 0.750. The van der Waals surface area contributed by atoms with Crippen LogP contribution in [0.4, 0.5) is 0 Å². The van der Waals surface area contributed by atoms with Gasteiger partial charge in [-0.3, -0.25) is 4.79 Å². The molecule has 3 heterocycles. The van der Waals surface area contributed by atoms with Gasteiger partial charge in [0.2, 0.25) is 5.91 Å². The number of rotatable bonds is 4. The minimum atomic E-state index is -0.404. The fourth-order valence-corrected chi connectivity index (χ4v) is 4.42. The van der Waals surface area contributed by atoms with Gasteiger partial charge in [0.05, 0.1) is 37.1 Å². The molecular formula is C19H21N3O4S. The van der Waals surface area contributed by atoms with Crippen molar-refractivity contribution in [2.75, 3.05) is 20.3 Å². The van der Waals surface area contributed by atoms with Crippen LogP contribution in [-0.4, -0.2) is 51.9 Å². The largest absolute Gasteiger partial charge is 0.466 e. The van der Waals surface area contributed by atoms with Crippen LogP contribution in [0.1, 0.15) is 37.7 Å². The van der Waals surface area contributed by atoms with E-state index in [4.69, 9.17) is 9.47 Å². The second-order valence-corrected chi connectivity index (χ2v) is 7.43. The number of allylic oxidation sites excluding steroid dienone is 1. The predicted molar refractivity (Wildman–Crippen MR) is 100 cm³/mol. The zero-order chi connectivity index (χ0) is 19.0. The number of nitrogens with zero attached hydrogens (tertiary/aromatic N) is 3. The highest BCUT2D eigenvalue weighted by Gasteiger charge is 2.38. The molecule has 1 aromatic heterocycles. The number of hydrogen-bond donors (Lipinski definition) is 0. The molecule has 0 unspecified atom stereocenters. The van der Waals surface area contributed by atoms with Gasteiger partial charge in [-0.1, -0.05) is 6.07 Å². The van der Waals surface area contributed by atoms with E-state index in [1.54, 1.807) is 4.90 Å². The minimum absolute atomic E-state index is 0.00264. The summed E-state index contributed by atoms with van der Waals surface area (Å²) in [7, 11) is 1.37. The summed E-state index contributed by atoms with van der Waals surface area (Å²) in [4.78, 5) is 27.2. The molecule has 0 saturated carbocycles. The van der Waals surface area contributed by atoms with E-state index in [9.17, 15) is 9.59 Å². The highest BCUT2D eigenvalue weighted by atomic mass is 32.1. The molecule has 1 saturated heterocycles. The molecule has 0 aliphatic carbocycles. The fraction of sp³-hybridized carbons (Fsp3) is 0.474. The molecule has 1 fully saturated rings. The van der Waals surface area contributed by atoms with Gasteiger partial charge in [0, 0.05) is 24.6 Å². The maximum absolute atomic E-state index is 12.9. The van der Waals surface area contributed by atoms with E-state index in [1.165, 1.54) is 7.11 Å². The summed E-state index contributed by atoms with van der Waals surface area (Å²) >= 11 is 1.15. The van der Waals surface area contributed by atoms with Crippen molar-refractivity contribution in [1.29, 1.82) is 0 Å². The fourth-order valence-electron chi connectivity index (χ4n) is 3.90. The van der Waals surface area contributed by atoms with E-state index in [2.05, 4.69) is 8.75 Å². The number of carbonyl (C=O) groups excluding carboxylic acids is 2. The first-order valence-corrected chi connectivity index (χ1v) is 9.74. The number of amides is 1. The van der Waals surface area contributed by atoms with Crippen molar-refractivity contribution in [3.8, 4) is 0 Å². The molecule has 1 amide bonds. The lowest BCUT2D eigenvalue weighted by molar-refractivity contribution is -0.138. The summed E-state index contributed by atoms with van der Waals surface area (Å²) in [6.07, 6.45) is 2.18. The topological polar surface area (TPSA) is 81.6 Å². The molecule has 0 N–H and O–H groups in total. The first kappa shape index (κ1) is 18.1. The Bertz CT molecular complexity index is 917. The molecule has 4 rings (SSSR count). The molecule has 7 nitrogen and oxygen atoms in total. The Labute approximate surface area is 161 Å². The standard InChI is InChI=1S/C19H21N3O4S/c1-11-18(19(24)25-2)14(12-5-6-15-16(8-12)21-27-20-15)9-17(23)22(11)10-13-4-3-7-26-13/h5-6,8,13-14H,3-4,7,9-10H2,1-2H3/t13-,14+/m1/s1. The number of fused-ring (bicyclic) bond motifs is 1. The lowest BCUT2D eigenvalue weighted by Crippen LogP contribution is -2.42. The third-order valence-corrected chi connectivity index (χ3v) is 5.88. The maximum atomic E-state index is 12.9. The molecule has 0 bridgehead atoms. The van der Waals surface area contributed by atoms with E-state index < -0.39 is 5.97 Å². The van der Waals surface area contributed by atoms with E-state index >= 15 is 0 Å². The Morgan fingerprint density at radius 3 is 2.93 bits per heavy atom. The molecule has 2 aromatic rings. The first-order valence-electron chi connectivity index (χ1n) is 9.01. The molecular weight excluding hydrogens is 366 g/mol. The minimum Gasteiger partial charge on any atom is -0.466 e. The summed E-state index contributed by atoms with van der Waals surface area (Å²) in [5.74, 6) is -0.757. The summed E-state index contributed by atoms with van der Waals surface area (Å²) in [5, 5.41) is 0. The molecule has 0 radical (unpaired) electrons. The molecule has 1 aromatic carbocycles. The van der Waals surface area contributed by atoms with Gasteiger partial charge in [-0.15, -0.1) is 0 Å². The Kier molecular flexibility index (Phi) is 4.92. The lowest BCUT2D eigenvalue weighted by atomic mass is 9.83. The van der Waals surface area contributed by atoms with Crippen LogP contribution in [0.15, 0.2) is 29.5 Å². The number of aromatic nitrogens is 2. The summed E-state index contributed by atoms with van der Waals surface area (Å²) in [6.45, 7) is 3.02. The van der Waals surface area contributed by atoms with Crippen LogP contribution in [0.3, 0.4) is 0 Å². The van der Waals surface area contributed by atoms with Gasteiger partial charge in [-0.2, -0.15) is 8.75 Å². The zero-order valence-corrected chi connectivity index (χ0v) is 16.1. The van der Waals surface area contributed by atoms with Gasteiger partial charge in [0.1, 0.15) is 11.0 Å². The number of carbonyl (C=O) groups is 2. The average molecular weight is 387 g/mol. The number of benzene rings is 1. The second-order valence-electron chi connectivity index (χ2n) is 6.90. The number of esters is 1. The first-order chi connectivity index (χ1) is 13.1. The monoisotopic (exact) mass is 387 g/mol. The summed E-state index contributed by atoms with van der Waals surface area (Å²) in [5.41, 5.74) is 3.63. The van der Waals surface area contributed by atoms with Crippen molar-refractivity contribution in [1.82, 2.24) is 13.6 Å². The number of ether oxygens (including phenoxy) is 2. The second kappa shape index (κ2) is 7.36. The van der Waals surface area contributed by atoms with Gasteiger partial charge in [-0.25, -0.2) is 4.79 Å². The highest BCUT2D eigenvalue weighted by molar-refractivity contribution is 7.00. The van der Waals surface area contributed by atoms with E-state index in [-0.39, 0.29) is 24.3 Å². The van der Waals surface area contributed by atoms with Crippen molar-refractivity contribution in [3.05, 3.63) is 35.0 Å². The molecule has 142 valence electrons. The van der Waals surface area contributed by atoms with Crippen LogP contribution >= 0.6 is 11.7 Å². The van der Waals surface area contributed by atoms with Crippen LogP contribution in [0, 0.1) is 0 Å². The van der Waals surface area contributed by atoms with Crippen molar-refractivity contribution in [2.45, 2.75) is 38.2 Å². The van der Waals surface area contributed by atoms with Crippen molar-refractivity contribution in [2.24, 2.45) is 0 Å². The van der Waals surface area contributed by atoms with E-state index in [0.717, 1.165) is 47.8 Å². The normalized spacial score (nSPS) is 23.3. The Morgan fingerprint density at radius 2 is 2.19 bits per heavy atom. The van der Waals surface area contributed by atoms with Gasteiger partial charge < -0.3 is 14.4 Å². The molecule has 2 aliphatic rings. The van der Waals surface area contributed by atoms with Gasteiger partial charge in [-0.05, 0) is 37.5 Å². The smallest absolute Gasteiger partial charge is 0.336 e. The average Bonchev–Trinajstić information content (AvgIpc) is 3.35. The Morgan fingerprint density at radius 1 is 1.37 bits per heavy atom. The molecule has 2 atom stereocenters. The van der Waals surface area contributed by atoms with Gasteiger partial charge in [0.15, 0.2) is 0 Å². The lowest BCUT2D eigenvalue weighted by Gasteiger charge is -2.35. The van der Waals surface area contributed by atoms with Gasteiger partial charge in [0.25, 0.3) is 0 Å². The predicted octanol–water partition coefficient (Wildman–Crippen LogP) is 2.63. The van der Waals surface area contributed by atoms with Crippen LogP contribution in [0.25, 0.3) is 11.0 Å². The van der Waals surface area contributed by atoms with Crippen LogP contribution < -0.4 is 0 Å². The summed E-state index contributed by atoms with van der Waals surface area (Å²) < 4.78 is 19.2. The Hall–Kier alpha value is -2.32. The van der Waals surface area contributed by atoms with E-state index in [1.807, 2.05) is 25.1 Å². The molecule has 0 spiro atoms. The van der Waals surface area contributed by atoms with Crippen LogP contribution in [0.2, 0.25) is 0 Å². The maximum Gasteiger partial charge on any atom is 0.336 e.